The number of rotatable bonds is 8. The number of non-ortho nitro benzene ring substituents is 1. The van der Waals surface area contributed by atoms with Crippen LogP contribution in [0.2, 0.25) is 0 Å². The van der Waals surface area contributed by atoms with Gasteiger partial charge >= 0.3 is 0 Å². The van der Waals surface area contributed by atoms with Gasteiger partial charge < -0.3 is 10.1 Å². The fourth-order valence-corrected chi connectivity index (χ4v) is 3.83. The van der Waals surface area contributed by atoms with Crippen molar-refractivity contribution in [2.75, 3.05) is 11.9 Å². The SMILES string of the molecule is CCOc1cc(/C=C(\C#N)C(=O)Nc2cccc([N+](=O)[O-])c2)cc(Br)c1Cc1cccc(F)c1. The summed E-state index contributed by atoms with van der Waals surface area (Å²) >= 11 is 3.52. The van der Waals surface area contributed by atoms with Crippen molar-refractivity contribution in [3.05, 3.63) is 103 Å². The number of carbonyl (C=O) groups excluding carboxylic acids is 1. The second-order valence-electron chi connectivity index (χ2n) is 7.15. The molecule has 3 aromatic rings. The summed E-state index contributed by atoms with van der Waals surface area (Å²) in [6, 6.07) is 17.0. The van der Waals surface area contributed by atoms with Gasteiger partial charge in [-0.05, 0) is 54.5 Å². The van der Waals surface area contributed by atoms with E-state index >= 15 is 0 Å². The second-order valence-corrected chi connectivity index (χ2v) is 8.00. The van der Waals surface area contributed by atoms with Gasteiger partial charge in [0.15, 0.2) is 0 Å². The van der Waals surface area contributed by atoms with E-state index in [0.29, 0.717) is 28.8 Å². The van der Waals surface area contributed by atoms with E-state index in [9.17, 15) is 24.6 Å². The van der Waals surface area contributed by atoms with Crippen LogP contribution < -0.4 is 10.1 Å². The molecule has 3 aromatic carbocycles. The Kier molecular flexibility index (Phi) is 8.11. The molecule has 0 radical (unpaired) electrons. The first-order chi connectivity index (χ1) is 16.3. The second kappa shape index (κ2) is 11.2. The predicted octanol–water partition coefficient (Wildman–Crippen LogP) is 6.03. The number of halogens is 2. The summed E-state index contributed by atoms with van der Waals surface area (Å²) in [5, 5.41) is 23.0. The number of amides is 1. The Morgan fingerprint density at radius 1 is 1.24 bits per heavy atom. The number of hydrogen-bond acceptors (Lipinski definition) is 5. The Hall–Kier alpha value is -4.03. The van der Waals surface area contributed by atoms with E-state index in [1.807, 2.05) is 19.1 Å². The number of nitrogens with zero attached hydrogens (tertiary/aromatic N) is 2. The summed E-state index contributed by atoms with van der Waals surface area (Å²) in [4.78, 5) is 23.0. The molecule has 0 heterocycles. The summed E-state index contributed by atoms with van der Waals surface area (Å²) in [5.41, 5.74) is 1.91. The molecule has 0 aromatic heterocycles. The number of carbonyl (C=O) groups is 1. The lowest BCUT2D eigenvalue weighted by molar-refractivity contribution is -0.384. The molecule has 7 nitrogen and oxygen atoms in total. The van der Waals surface area contributed by atoms with Crippen LogP contribution in [0.25, 0.3) is 6.08 Å². The lowest BCUT2D eigenvalue weighted by Gasteiger charge is -2.14. The Balaban J connectivity index is 1.90. The van der Waals surface area contributed by atoms with Gasteiger partial charge in [-0.2, -0.15) is 5.26 Å². The van der Waals surface area contributed by atoms with Gasteiger partial charge in [0, 0.05) is 34.3 Å². The number of ether oxygens (including phenoxy) is 1. The van der Waals surface area contributed by atoms with Gasteiger partial charge in [0.1, 0.15) is 23.2 Å². The van der Waals surface area contributed by atoms with E-state index in [1.165, 1.54) is 42.5 Å². The van der Waals surface area contributed by atoms with Crippen LogP contribution in [-0.2, 0) is 11.2 Å². The van der Waals surface area contributed by atoms with Crippen molar-refractivity contribution in [2.45, 2.75) is 13.3 Å². The Labute approximate surface area is 203 Å². The Bertz CT molecular complexity index is 1320. The average Bonchev–Trinajstić information content (AvgIpc) is 2.80. The summed E-state index contributed by atoms with van der Waals surface area (Å²) < 4.78 is 20.0. The van der Waals surface area contributed by atoms with Gasteiger partial charge in [-0.3, -0.25) is 14.9 Å². The van der Waals surface area contributed by atoms with Crippen LogP contribution in [0, 0.1) is 27.3 Å². The molecule has 0 bridgehead atoms. The molecule has 0 aliphatic carbocycles. The number of nitriles is 1. The smallest absolute Gasteiger partial charge is 0.271 e. The third-order valence-corrected chi connectivity index (χ3v) is 5.45. The average molecular weight is 524 g/mol. The number of benzene rings is 3. The van der Waals surface area contributed by atoms with Crippen LogP contribution in [0.5, 0.6) is 5.75 Å². The van der Waals surface area contributed by atoms with Gasteiger partial charge in [-0.15, -0.1) is 0 Å². The van der Waals surface area contributed by atoms with Gasteiger partial charge in [0.2, 0.25) is 0 Å². The molecule has 0 spiro atoms. The molecule has 172 valence electrons. The van der Waals surface area contributed by atoms with Gasteiger partial charge in [0.05, 0.1) is 11.5 Å². The fourth-order valence-electron chi connectivity index (χ4n) is 3.23. The third kappa shape index (κ3) is 6.27. The zero-order valence-corrected chi connectivity index (χ0v) is 19.6. The highest BCUT2D eigenvalue weighted by atomic mass is 79.9. The molecule has 0 unspecified atom stereocenters. The minimum absolute atomic E-state index is 0.181. The first-order valence-electron chi connectivity index (χ1n) is 10.2. The zero-order valence-electron chi connectivity index (χ0n) is 18.0. The molecule has 0 aliphatic heterocycles. The number of nitro groups is 1. The zero-order chi connectivity index (χ0) is 24.7. The van der Waals surface area contributed by atoms with E-state index < -0.39 is 10.8 Å². The van der Waals surface area contributed by atoms with Crippen molar-refractivity contribution < 1.29 is 18.8 Å². The minimum atomic E-state index is -0.707. The minimum Gasteiger partial charge on any atom is -0.494 e. The van der Waals surface area contributed by atoms with E-state index in [0.717, 1.165) is 11.1 Å². The van der Waals surface area contributed by atoms with Crippen LogP contribution in [0.3, 0.4) is 0 Å². The van der Waals surface area contributed by atoms with Crippen molar-refractivity contribution in [2.24, 2.45) is 0 Å². The monoisotopic (exact) mass is 523 g/mol. The first-order valence-corrected chi connectivity index (χ1v) is 11.0. The Morgan fingerprint density at radius 3 is 2.68 bits per heavy atom. The lowest BCUT2D eigenvalue weighted by atomic mass is 10.0. The number of anilines is 1. The van der Waals surface area contributed by atoms with Crippen LogP contribution in [-0.4, -0.2) is 17.4 Å². The molecular formula is C25H19BrFN3O4. The lowest BCUT2D eigenvalue weighted by Crippen LogP contribution is -2.13. The molecular weight excluding hydrogens is 505 g/mol. The largest absolute Gasteiger partial charge is 0.494 e. The molecule has 0 fully saturated rings. The quantitative estimate of drug-likeness (QED) is 0.168. The summed E-state index contributed by atoms with van der Waals surface area (Å²) in [7, 11) is 0. The van der Waals surface area contributed by atoms with Crippen molar-refractivity contribution in [1.29, 1.82) is 5.26 Å². The highest BCUT2D eigenvalue weighted by Gasteiger charge is 2.15. The molecule has 0 saturated heterocycles. The molecule has 3 rings (SSSR count). The normalized spacial score (nSPS) is 10.9. The maximum absolute atomic E-state index is 13.6. The van der Waals surface area contributed by atoms with Gasteiger partial charge in [-0.25, -0.2) is 4.39 Å². The first kappa shape index (κ1) is 24.6. The molecule has 34 heavy (non-hydrogen) atoms. The van der Waals surface area contributed by atoms with Gasteiger partial charge in [0.25, 0.3) is 11.6 Å². The molecule has 0 atom stereocenters. The molecule has 1 amide bonds. The summed E-state index contributed by atoms with van der Waals surface area (Å²) in [5.74, 6) is -0.510. The maximum Gasteiger partial charge on any atom is 0.271 e. The summed E-state index contributed by atoms with van der Waals surface area (Å²) in [6.45, 7) is 2.21. The van der Waals surface area contributed by atoms with E-state index in [4.69, 9.17) is 4.74 Å². The van der Waals surface area contributed by atoms with Gasteiger partial charge in [-0.1, -0.05) is 34.1 Å². The fraction of sp³-hybridized carbons (Fsp3) is 0.120. The van der Waals surface area contributed by atoms with Crippen molar-refractivity contribution in [3.8, 4) is 11.8 Å². The van der Waals surface area contributed by atoms with Crippen molar-refractivity contribution >= 4 is 39.3 Å². The van der Waals surface area contributed by atoms with E-state index in [-0.39, 0.29) is 22.8 Å². The van der Waals surface area contributed by atoms with E-state index in [2.05, 4.69) is 21.2 Å². The predicted molar refractivity (Wildman–Crippen MR) is 130 cm³/mol. The van der Waals surface area contributed by atoms with E-state index in [1.54, 1.807) is 18.2 Å². The maximum atomic E-state index is 13.6. The van der Waals surface area contributed by atoms with Crippen LogP contribution in [0.15, 0.2) is 70.7 Å². The molecule has 9 heteroatoms. The van der Waals surface area contributed by atoms with Crippen molar-refractivity contribution in [1.82, 2.24) is 0 Å². The highest BCUT2D eigenvalue weighted by molar-refractivity contribution is 9.10. The topological polar surface area (TPSA) is 105 Å². The highest BCUT2D eigenvalue weighted by Crippen LogP contribution is 2.32. The molecule has 0 saturated carbocycles. The Morgan fingerprint density at radius 2 is 2.00 bits per heavy atom. The number of nitrogens with one attached hydrogen (secondary N) is 1. The third-order valence-electron chi connectivity index (χ3n) is 4.74. The van der Waals surface area contributed by atoms with Crippen molar-refractivity contribution in [3.63, 3.8) is 0 Å². The number of nitro benzene ring substituents is 1. The standard InChI is InChI=1S/C25H19BrFN3O4/c1-2-34-24-13-17(12-23(26)22(24)11-16-5-3-6-19(27)10-16)9-18(15-28)25(31)29-20-7-4-8-21(14-20)30(32)33/h3-10,12-14H,2,11H2,1H3,(H,29,31)/b18-9+. The summed E-state index contributed by atoms with van der Waals surface area (Å²) in [6.07, 6.45) is 1.81. The van der Waals surface area contributed by atoms with Crippen LogP contribution in [0.4, 0.5) is 15.8 Å². The number of hydrogen-bond donors (Lipinski definition) is 1. The molecule has 0 aliphatic rings. The van der Waals surface area contributed by atoms with Crippen LogP contribution >= 0.6 is 15.9 Å². The van der Waals surface area contributed by atoms with Crippen LogP contribution in [0.1, 0.15) is 23.6 Å². The molecule has 1 N–H and O–H groups in total.